The lowest BCUT2D eigenvalue weighted by Crippen LogP contribution is -1.91. The number of nitriles is 2. The van der Waals surface area contributed by atoms with Gasteiger partial charge in [0.15, 0.2) is 5.92 Å². The van der Waals surface area contributed by atoms with Crippen molar-refractivity contribution in [2.24, 2.45) is 0 Å². The van der Waals surface area contributed by atoms with E-state index >= 15 is 0 Å². The van der Waals surface area contributed by atoms with Crippen LogP contribution >= 0.6 is 0 Å². The molecule has 15 heavy (non-hydrogen) atoms. The molecule has 0 aliphatic carbocycles. The van der Waals surface area contributed by atoms with Crippen molar-refractivity contribution in [2.75, 3.05) is 0 Å². The Morgan fingerprint density at radius 3 is 2.33 bits per heavy atom. The molecular weight excluding hydrogens is 184 g/mol. The first-order valence-electron chi connectivity index (χ1n) is 4.83. The molecule has 0 unspecified atom stereocenters. The molecule has 0 aliphatic heterocycles. The van der Waals surface area contributed by atoms with Gasteiger partial charge in [0.1, 0.15) is 0 Å². The summed E-state index contributed by atoms with van der Waals surface area (Å²) in [7, 11) is 0. The summed E-state index contributed by atoms with van der Waals surface area (Å²) >= 11 is 0. The van der Waals surface area contributed by atoms with E-state index in [-0.39, 0.29) is 0 Å². The SMILES string of the molecule is C=Cc1cccc(C(C#N)C#N)c1.CC. The summed E-state index contributed by atoms with van der Waals surface area (Å²) < 4.78 is 0. The Labute approximate surface area is 91.1 Å². The summed E-state index contributed by atoms with van der Waals surface area (Å²) in [4.78, 5) is 0. The topological polar surface area (TPSA) is 47.6 Å². The smallest absolute Gasteiger partial charge is 0.158 e. The minimum Gasteiger partial charge on any atom is -0.196 e. The van der Waals surface area contributed by atoms with E-state index in [2.05, 4.69) is 6.58 Å². The van der Waals surface area contributed by atoms with E-state index < -0.39 is 5.92 Å². The van der Waals surface area contributed by atoms with Crippen LogP contribution in [-0.2, 0) is 0 Å². The highest BCUT2D eigenvalue weighted by molar-refractivity contribution is 5.49. The highest BCUT2D eigenvalue weighted by Crippen LogP contribution is 2.15. The van der Waals surface area contributed by atoms with Crippen molar-refractivity contribution in [1.82, 2.24) is 0 Å². The Morgan fingerprint density at radius 1 is 1.27 bits per heavy atom. The second-order valence-corrected chi connectivity index (χ2v) is 2.57. The molecule has 0 amide bonds. The molecule has 0 saturated heterocycles. The van der Waals surface area contributed by atoms with Crippen molar-refractivity contribution in [3.8, 4) is 12.1 Å². The summed E-state index contributed by atoms with van der Waals surface area (Å²) in [5.74, 6) is -0.681. The fourth-order valence-corrected chi connectivity index (χ4v) is 1.04. The minimum atomic E-state index is -0.681. The van der Waals surface area contributed by atoms with Gasteiger partial charge in [-0.25, -0.2) is 0 Å². The second kappa shape index (κ2) is 7.35. The van der Waals surface area contributed by atoms with Gasteiger partial charge < -0.3 is 0 Å². The summed E-state index contributed by atoms with van der Waals surface area (Å²) in [5.41, 5.74) is 1.65. The molecule has 1 rings (SSSR count). The molecule has 1 aromatic rings. The van der Waals surface area contributed by atoms with Gasteiger partial charge in [0.2, 0.25) is 0 Å². The van der Waals surface area contributed by atoms with E-state index in [1.807, 2.05) is 38.1 Å². The van der Waals surface area contributed by atoms with Crippen LogP contribution in [0.3, 0.4) is 0 Å². The van der Waals surface area contributed by atoms with E-state index in [1.54, 1.807) is 18.2 Å². The fraction of sp³-hybridized carbons (Fsp3) is 0.231. The van der Waals surface area contributed by atoms with Gasteiger partial charge in [-0.15, -0.1) is 0 Å². The first-order chi connectivity index (χ1) is 7.31. The normalized spacial score (nSPS) is 8.07. The van der Waals surface area contributed by atoms with Gasteiger partial charge in [-0.05, 0) is 17.2 Å². The minimum absolute atomic E-state index is 0.681. The van der Waals surface area contributed by atoms with Gasteiger partial charge in [-0.1, -0.05) is 44.7 Å². The van der Waals surface area contributed by atoms with Crippen molar-refractivity contribution in [1.29, 1.82) is 10.5 Å². The predicted molar refractivity (Wildman–Crippen MR) is 61.8 cm³/mol. The summed E-state index contributed by atoms with van der Waals surface area (Å²) in [5, 5.41) is 17.3. The van der Waals surface area contributed by atoms with Gasteiger partial charge in [0.05, 0.1) is 12.1 Å². The van der Waals surface area contributed by atoms with E-state index in [0.717, 1.165) is 11.1 Å². The third-order valence-corrected chi connectivity index (χ3v) is 1.74. The number of rotatable bonds is 2. The molecule has 0 spiro atoms. The quantitative estimate of drug-likeness (QED) is 0.730. The highest BCUT2D eigenvalue weighted by Gasteiger charge is 2.07. The average Bonchev–Trinajstić information content (AvgIpc) is 2.33. The summed E-state index contributed by atoms with van der Waals surface area (Å²) in [6.07, 6.45) is 1.69. The molecule has 0 bridgehead atoms. The third kappa shape index (κ3) is 3.67. The van der Waals surface area contributed by atoms with Gasteiger partial charge in [-0.3, -0.25) is 0 Å². The second-order valence-electron chi connectivity index (χ2n) is 2.57. The standard InChI is InChI=1S/C11H8N2.C2H6/c1-2-9-4-3-5-10(6-9)11(7-12)8-13;1-2/h2-6,11H,1H2;1-2H3. The monoisotopic (exact) mass is 198 g/mol. The highest BCUT2D eigenvalue weighted by atomic mass is 14.3. The van der Waals surface area contributed by atoms with Crippen molar-refractivity contribution in [2.45, 2.75) is 19.8 Å². The lowest BCUT2D eigenvalue weighted by Gasteiger charge is -2.00. The zero-order valence-electron chi connectivity index (χ0n) is 9.07. The van der Waals surface area contributed by atoms with Crippen LogP contribution in [0.1, 0.15) is 30.9 Å². The molecule has 0 saturated carbocycles. The first-order valence-corrected chi connectivity index (χ1v) is 4.83. The number of hydrogen-bond acceptors (Lipinski definition) is 2. The van der Waals surface area contributed by atoms with Gasteiger partial charge in [-0.2, -0.15) is 10.5 Å². The molecule has 76 valence electrons. The van der Waals surface area contributed by atoms with E-state index in [4.69, 9.17) is 10.5 Å². The summed E-state index contributed by atoms with van der Waals surface area (Å²) in [6, 6.07) is 11.1. The van der Waals surface area contributed by atoms with Crippen molar-refractivity contribution in [3.05, 3.63) is 42.0 Å². The maximum Gasteiger partial charge on any atom is 0.158 e. The van der Waals surface area contributed by atoms with Crippen molar-refractivity contribution < 1.29 is 0 Å². The van der Waals surface area contributed by atoms with Crippen molar-refractivity contribution >= 4 is 6.08 Å². The average molecular weight is 198 g/mol. The van der Waals surface area contributed by atoms with E-state index in [9.17, 15) is 0 Å². The molecule has 1 aromatic carbocycles. The first kappa shape index (κ1) is 12.9. The molecule has 2 nitrogen and oxygen atoms in total. The summed E-state index contributed by atoms with van der Waals surface area (Å²) in [6.45, 7) is 7.62. The Kier molecular flexibility index (Phi) is 6.34. The van der Waals surface area contributed by atoms with Gasteiger partial charge in [0.25, 0.3) is 0 Å². The maximum absolute atomic E-state index is 8.64. The molecule has 0 heterocycles. The van der Waals surface area contributed by atoms with Crippen LogP contribution in [0.25, 0.3) is 6.08 Å². The van der Waals surface area contributed by atoms with Crippen LogP contribution in [0.4, 0.5) is 0 Å². The molecule has 0 N–H and O–H groups in total. The molecule has 0 fully saturated rings. The third-order valence-electron chi connectivity index (χ3n) is 1.74. The van der Waals surface area contributed by atoms with Crippen LogP contribution < -0.4 is 0 Å². The Bertz CT molecular complexity index is 380. The zero-order valence-corrected chi connectivity index (χ0v) is 9.07. The lowest BCUT2D eigenvalue weighted by atomic mass is 10.0. The molecule has 0 radical (unpaired) electrons. The Hall–Kier alpha value is -2.06. The molecule has 2 heteroatoms. The van der Waals surface area contributed by atoms with Crippen LogP contribution in [0.2, 0.25) is 0 Å². The molecule has 0 atom stereocenters. The van der Waals surface area contributed by atoms with Crippen LogP contribution in [-0.4, -0.2) is 0 Å². The van der Waals surface area contributed by atoms with Crippen LogP contribution in [0, 0.1) is 22.7 Å². The van der Waals surface area contributed by atoms with Crippen molar-refractivity contribution in [3.63, 3.8) is 0 Å². The Morgan fingerprint density at radius 2 is 1.87 bits per heavy atom. The number of hydrogen-bond donors (Lipinski definition) is 0. The molecule has 0 aromatic heterocycles. The Balaban J connectivity index is 0.000000921. The van der Waals surface area contributed by atoms with E-state index in [0.29, 0.717) is 0 Å². The van der Waals surface area contributed by atoms with Gasteiger partial charge in [0, 0.05) is 0 Å². The van der Waals surface area contributed by atoms with Gasteiger partial charge >= 0.3 is 0 Å². The fourth-order valence-electron chi connectivity index (χ4n) is 1.04. The zero-order chi connectivity index (χ0) is 11.7. The number of nitrogens with zero attached hydrogens (tertiary/aromatic N) is 2. The molecular formula is C13H14N2. The lowest BCUT2D eigenvalue weighted by molar-refractivity contribution is 1.10. The number of benzene rings is 1. The van der Waals surface area contributed by atoms with Crippen LogP contribution in [0.5, 0.6) is 0 Å². The van der Waals surface area contributed by atoms with Crippen LogP contribution in [0.15, 0.2) is 30.8 Å². The largest absolute Gasteiger partial charge is 0.196 e. The predicted octanol–water partition coefficient (Wildman–Crippen LogP) is 3.49. The maximum atomic E-state index is 8.64. The molecule has 0 aliphatic rings. The van der Waals surface area contributed by atoms with E-state index in [1.165, 1.54) is 0 Å².